The molecule has 1 aromatic heterocycles. The van der Waals surface area contributed by atoms with Gasteiger partial charge in [0, 0.05) is 44.2 Å². The molecule has 2 heterocycles. The average Bonchev–Trinajstić information content (AvgIpc) is 3.16. The Morgan fingerprint density at radius 1 is 1.16 bits per heavy atom. The molecule has 1 aromatic carbocycles. The van der Waals surface area contributed by atoms with Crippen molar-refractivity contribution in [3.63, 3.8) is 0 Å². The Bertz CT molecular complexity index is 1100. The van der Waals surface area contributed by atoms with Crippen molar-refractivity contribution in [2.24, 2.45) is 18.7 Å². The number of benzene rings is 1. The Balaban J connectivity index is 1.35. The quantitative estimate of drug-likeness (QED) is 0.658. The Hall–Kier alpha value is -2.65. The van der Waals surface area contributed by atoms with Crippen molar-refractivity contribution in [3.8, 4) is 0 Å². The molecule has 32 heavy (non-hydrogen) atoms. The highest BCUT2D eigenvalue weighted by Crippen LogP contribution is 2.43. The van der Waals surface area contributed by atoms with Crippen LogP contribution in [0.4, 0.5) is 0 Å². The van der Waals surface area contributed by atoms with E-state index in [0.717, 1.165) is 19.3 Å². The van der Waals surface area contributed by atoms with Crippen molar-refractivity contribution in [2.45, 2.75) is 42.4 Å². The number of piperidine rings is 1. The lowest BCUT2D eigenvalue weighted by Crippen LogP contribution is -2.48. The van der Waals surface area contributed by atoms with Crippen molar-refractivity contribution < 1.29 is 18.0 Å². The maximum Gasteiger partial charge on any atom is 0.265 e. The van der Waals surface area contributed by atoms with Crippen molar-refractivity contribution in [1.82, 2.24) is 14.2 Å². The third kappa shape index (κ3) is 4.19. The Morgan fingerprint density at radius 2 is 1.81 bits per heavy atom. The molecule has 4 rings (SSSR count). The minimum Gasteiger partial charge on any atom is -0.364 e. The van der Waals surface area contributed by atoms with E-state index in [1.165, 1.54) is 26.7 Å². The largest absolute Gasteiger partial charge is 0.364 e. The van der Waals surface area contributed by atoms with Crippen LogP contribution in [0.3, 0.4) is 0 Å². The first kappa shape index (κ1) is 22.5. The maximum atomic E-state index is 13.0. The first-order valence-corrected chi connectivity index (χ1v) is 12.5. The average molecular weight is 459 g/mol. The molecular weight excluding hydrogens is 428 g/mol. The molecule has 1 saturated heterocycles. The molecule has 0 unspecified atom stereocenters. The monoisotopic (exact) mass is 458 g/mol. The summed E-state index contributed by atoms with van der Waals surface area (Å²) >= 11 is 0. The molecule has 2 aromatic rings. The van der Waals surface area contributed by atoms with Gasteiger partial charge in [-0.2, -0.15) is 4.31 Å². The van der Waals surface area contributed by atoms with E-state index in [2.05, 4.69) is 17.4 Å². The fourth-order valence-electron chi connectivity index (χ4n) is 4.79. The van der Waals surface area contributed by atoms with Crippen LogP contribution < -0.4 is 11.1 Å². The van der Waals surface area contributed by atoms with Gasteiger partial charge in [0.1, 0.15) is 10.6 Å². The van der Waals surface area contributed by atoms with E-state index in [1.54, 1.807) is 7.05 Å². The van der Waals surface area contributed by atoms with Gasteiger partial charge in [0.25, 0.3) is 5.91 Å². The van der Waals surface area contributed by atoms with Gasteiger partial charge < -0.3 is 15.6 Å². The Labute approximate surface area is 188 Å². The second-order valence-electron chi connectivity index (χ2n) is 8.93. The van der Waals surface area contributed by atoms with Crippen LogP contribution in [0.2, 0.25) is 0 Å². The number of aryl methyl sites for hydroxylation is 1. The van der Waals surface area contributed by atoms with E-state index < -0.39 is 15.9 Å². The zero-order chi connectivity index (χ0) is 22.9. The van der Waals surface area contributed by atoms with Crippen molar-refractivity contribution in [1.29, 1.82) is 0 Å². The second-order valence-corrected chi connectivity index (χ2v) is 10.9. The molecule has 0 spiro atoms. The molecule has 8 nitrogen and oxygen atoms in total. The standard InChI is InChI=1S/C23H30N4O4S/c1-26-15-19(14-20(26)21(24)28)32(30,31)27-12-8-17(9-13-27)22(29)25-16-23(10-5-11-23)18-6-3-2-4-7-18/h2-4,6-7,14-15,17H,5,8-13,16H2,1H3,(H2,24,28)(H,25,29). The fraction of sp³-hybridized carbons (Fsp3) is 0.478. The predicted octanol–water partition coefficient (Wildman–Crippen LogP) is 1.76. The van der Waals surface area contributed by atoms with Crippen molar-refractivity contribution in [3.05, 3.63) is 53.9 Å². The van der Waals surface area contributed by atoms with E-state index in [4.69, 9.17) is 5.73 Å². The first-order valence-electron chi connectivity index (χ1n) is 11.0. The summed E-state index contributed by atoms with van der Waals surface area (Å²) in [5.74, 6) is -0.879. The van der Waals surface area contributed by atoms with Crippen LogP contribution in [-0.2, 0) is 27.3 Å². The van der Waals surface area contributed by atoms with E-state index in [1.807, 2.05) is 18.2 Å². The zero-order valence-corrected chi connectivity index (χ0v) is 19.1. The van der Waals surface area contributed by atoms with Crippen LogP contribution >= 0.6 is 0 Å². The van der Waals surface area contributed by atoms with Crippen LogP contribution in [0, 0.1) is 5.92 Å². The van der Waals surface area contributed by atoms with Crippen molar-refractivity contribution >= 4 is 21.8 Å². The molecule has 9 heteroatoms. The number of hydrogen-bond acceptors (Lipinski definition) is 4. The van der Waals surface area contributed by atoms with Gasteiger partial charge >= 0.3 is 0 Å². The molecule has 2 fully saturated rings. The molecule has 1 saturated carbocycles. The van der Waals surface area contributed by atoms with Gasteiger partial charge in [-0.25, -0.2) is 8.42 Å². The SMILES string of the molecule is Cn1cc(S(=O)(=O)N2CCC(C(=O)NCC3(c4ccccc4)CCC3)CC2)cc1C(N)=O. The number of nitrogens with two attached hydrogens (primary N) is 1. The van der Waals surface area contributed by atoms with E-state index in [9.17, 15) is 18.0 Å². The number of aromatic nitrogens is 1. The molecule has 2 amide bonds. The number of primary amides is 1. The second kappa shape index (κ2) is 8.71. The number of sulfonamides is 1. The highest BCUT2D eigenvalue weighted by molar-refractivity contribution is 7.89. The molecule has 1 aliphatic carbocycles. The molecule has 0 atom stereocenters. The van der Waals surface area contributed by atoms with E-state index in [-0.39, 0.29) is 40.9 Å². The summed E-state index contributed by atoms with van der Waals surface area (Å²) < 4.78 is 28.7. The fourth-order valence-corrected chi connectivity index (χ4v) is 6.33. The molecule has 1 aliphatic heterocycles. The van der Waals surface area contributed by atoms with Crippen molar-refractivity contribution in [2.75, 3.05) is 19.6 Å². The van der Waals surface area contributed by atoms with Crippen LogP contribution in [0.5, 0.6) is 0 Å². The lowest BCUT2D eigenvalue weighted by Gasteiger charge is -2.43. The van der Waals surface area contributed by atoms with Crippen LogP contribution in [0.15, 0.2) is 47.5 Å². The van der Waals surface area contributed by atoms with Gasteiger partial charge in [0.05, 0.1) is 0 Å². The number of hydrogen-bond donors (Lipinski definition) is 2. The van der Waals surface area contributed by atoms with Gasteiger partial charge in [-0.05, 0) is 37.3 Å². The molecule has 3 N–H and O–H groups in total. The van der Waals surface area contributed by atoms with Gasteiger partial charge in [-0.3, -0.25) is 9.59 Å². The summed E-state index contributed by atoms with van der Waals surface area (Å²) in [5.41, 5.74) is 6.73. The summed E-state index contributed by atoms with van der Waals surface area (Å²) in [6.07, 6.45) is 5.64. The van der Waals surface area contributed by atoms with Gasteiger partial charge in [-0.15, -0.1) is 0 Å². The minimum absolute atomic E-state index is 0.0000186. The van der Waals surface area contributed by atoms with E-state index in [0.29, 0.717) is 19.4 Å². The lowest BCUT2D eigenvalue weighted by atomic mass is 9.64. The maximum absolute atomic E-state index is 13.0. The first-order chi connectivity index (χ1) is 15.2. The van der Waals surface area contributed by atoms with E-state index >= 15 is 0 Å². The Morgan fingerprint density at radius 3 is 2.34 bits per heavy atom. The highest BCUT2D eigenvalue weighted by Gasteiger charge is 2.40. The van der Waals surface area contributed by atoms with Crippen LogP contribution in [0.1, 0.15) is 48.2 Å². The third-order valence-corrected chi connectivity index (χ3v) is 8.86. The number of carbonyl (C=O) groups is 2. The van der Waals surface area contributed by atoms with Crippen LogP contribution in [-0.4, -0.2) is 48.7 Å². The van der Waals surface area contributed by atoms with Gasteiger partial charge in [-0.1, -0.05) is 36.8 Å². The molecule has 2 aliphatic rings. The normalized spacial score (nSPS) is 19.3. The number of nitrogens with one attached hydrogen (secondary N) is 1. The summed E-state index contributed by atoms with van der Waals surface area (Å²) in [4.78, 5) is 24.3. The summed E-state index contributed by atoms with van der Waals surface area (Å²) in [5, 5.41) is 3.14. The topological polar surface area (TPSA) is 114 Å². The third-order valence-electron chi connectivity index (χ3n) is 6.99. The predicted molar refractivity (Wildman–Crippen MR) is 120 cm³/mol. The summed E-state index contributed by atoms with van der Waals surface area (Å²) in [7, 11) is -2.16. The summed E-state index contributed by atoms with van der Waals surface area (Å²) in [6.45, 7) is 1.16. The highest BCUT2D eigenvalue weighted by atomic mass is 32.2. The smallest absolute Gasteiger partial charge is 0.265 e. The molecule has 0 radical (unpaired) electrons. The van der Waals surface area contributed by atoms with Gasteiger partial charge in [0.2, 0.25) is 15.9 Å². The minimum atomic E-state index is -3.74. The molecular formula is C23H30N4O4S. The number of carbonyl (C=O) groups excluding carboxylic acids is 2. The lowest BCUT2D eigenvalue weighted by molar-refractivity contribution is -0.126. The number of rotatable bonds is 7. The number of nitrogens with zero attached hydrogens (tertiary/aromatic N) is 2. The summed E-state index contributed by atoms with van der Waals surface area (Å²) in [6, 6.07) is 11.6. The zero-order valence-electron chi connectivity index (χ0n) is 18.3. The number of amides is 2. The molecule has 172 valence electrons. The Kier molecular flexibility index (Phi) is 6.13. The van der Waals surface area contributed by atoms with Gasteiger partial charge in [0.15, 0.2) is 0 Å². The molecule has 0 bridgehead atoms. The van der Waals surface area contributed by atoms with Crippen LogP contribution in [0.25, 0.3) is 0 Å².